The summed E-state index contributed by atoms with van der Waals surface area (Å²) in [6.45, 7) is 1.26. The summed E-state index contributed by atoms with van der Waals surface area (Å²) in [5.74, 6) is 0.0183. The number of methoxy groups -OCH3 is 2. The summed E-state index contributed by atoms with van der Waals surface area (Å²) in [4.78, 5) is 12.8. The van der Waals surface area contributed by atoms with Gasteiger partial charge in [0.2, 0.25) is 5.91 Å². The molecule has 8 nitrogen and oxygen atoms in total. The molecule has 3 aromatic carbocycles. The fraction of sp³-hybridized carbons (Fsp3) is 0.167. The van der Waals surface area contributed by atoms with Crippen molar-refractivity contribution in [3.63, 3.8) is 0 Å². The van der Waals surface area contributed by atoms with Crippen LogP contribution in [0.3, 0.4) is 0 Å². The second kappa shape index (κ2) is 10.1. The molecule has 0 aliphatic heterocycles. The maximum absolute atomic E-state index is 13.7. The molecule has 0 spiro atoms. The number of nitrogens with one attached hydrogen (secondary N) is 1. The van der Waals surface area contributed by atoms with Crippen molar-refractivity contribution < 1.29 is 22.7 Å². The van der Waals surface area contributed by atoms with E-state index in [4.69, 9.17) is 14.7 Å². The Labute approximate surface area is 193 Å². The predicted molar refractivity (Wildman–Crippen MR) is 125 cm³/mol. The van der Waals surface area contributed by atoms with Crippen molar-refractivity contribution in [1.29, 1.82) is 5.26 Å². The third-order valence-electron chi connectivity index (χ3n) is 4.79. The van der Waals surface area contributed by atoms with Crippen LogP contribution in [0.2, 0.25) is 0 Å². The number of nitriles is 1. The first-order valence-electron chi connectivity index (χ1n) is 9.90. The highest BCUT2D eigenvalue weighted by molar-refractivity contribution is 7.93. The van der Waals surface area contributed by atoms with Crippen LogP contribution >= 0.6 is 0 Å². The number of anilines is 2. The van der Waals surface area contributed by atoms with Gasteiger partial charge >= 0.3 is 0 Å². The van der Waals surface area contributed by atoms with Crippen molar-refractivity contribution in [2.24, 2.45) is 0 Å². The summed E-state index contributed by atoms with van der Waals surface area (Å²) >= 11 is 0. The van der Waals surface area contributed by atoms with Crippen LogP contribution in [0, 0.1) is 18.3 Å². The fourth-order valence-corrected chi connectivity index (χ4v) is 4.84. The molecule has 33 heavy (non-hydrogen) atoms. The van der Waals surface area contributed by atoms with Gasteiger partial charge < -0.3 is 14.8 Å². The molecule has 1 N–H and O–H groups in total. The second-order valence-corrected chi connectivity index (χ2v) is 8.94. The molecule has 3 aromatic rings. The maximum atomic E-state index is 13.7. The molecule has 0 aromatic heterocycles. The molecule has 0 fully saturated rings. The van der Waals surface area contributed by atoms with E-state index in [1.165, 1.54) is 32.4 Å². The second-order valence-electron chi connectivity index (χ2n) is 7.11. The van der Waals surface area contributed by atoms with E-state index in [1.807, 2.05) is 6.07 Å². The largest absolute Gasteiger partial charge is 0.497 e. The monoisotopic (exact) mass is 465 g/mol. The van der Waals surface area contributed by atoms with E-state index in [9.17, 15) is 13.2 Å². The van der Waals surface area contributed by atoms with Crippen LogP contribution in [-0.2, 0) is 14.8 Å². The van der Waals surface area contributed by atoms with Gasteiger partial charge in [0.1, 0.15) is 22.9 Å². The van der Waals surface area contributed by atoms with Crippen molar-refractivity contribution in [1.82, 2.24) is 0 Å². The zero-order valence-electron chi connectivity index (χ0n) is 18.4. The first-order chi connectivity index (χ1) is 15.8. The Bertz CT molecular complexity index is 1320. The lowest BCUT2D eigenvalue weighted by atomic mass is 10.2. The number of sulfonamides is 1. The molecule has 0 heterocycles. The van der Waals surface area contributed by atoms with Gasteiger partial charge in [-0.05, 0) is 55.0 Å². The van der Waals surface area contributed by atoms with Gasteiger partial charge in [0.25, 0.3) is 10.0 Å². The summed E-state index contributed by atoms with van der Waals surface area (Å²) in [5.41, 5.74) is 1.72. The van der Waals surface area contributed by atoms with E-state index < -0.39 is 22.5 Å². The lowest BCUT2D eigenvalue weighted by Gasteiger charge is -2.25. The molecule has 170 valence electrons. The summed E-state index contributed by atoms with van der Waals surface area (Å²) in [5, 5.41) is 11.7. The summed E-state index contributed by atoms with van der Waals surface area (Å²) in [6.07, 6.45) is 0. The minimum Gasteiger partial charge on any atom is -0.497 e. The number of rotatable bonds is 8. The Hall–Kier alpha value is -4.03. The van der Waals surface area contributed by atoms with Gasteiger partial charge in [0, 0.05) is 11.8 Å². The third kappa shape index (κ3) is 5.42. The highest BCUT2D eigenvalue weighted by Gasteiger charge is 2.30. The highest BCUT2D eigenvalue weighted by Crippen LogP contribution is 2.32. The number of hydrogen-bond donors (Lipinski definition) is 1. The Kier molecular flexibility index (Phi) is 7.20. The van der Waals surface area contributed by atoms with Crippen molar-refractivity contribution in [2.75, 3.05) is 30.4 Å². The number of benzene rings is 3. The van der Waals surface area contributed by atoms with Crippen LogP contribution in [0.4, 0.5) is 11.4 Å². The lowest BCUT2D eigenvalue weighted by Crippen LogP contribution is -2.38. The van der Waals surface area contributed by atoms with Gasteiger partial charge in [-0.1, -0.05) is 18.2 Å². The molecule has 0 aliphatic carbocycles. The number of amides is 1. The van der Waals surface area contributed by atoms with Crippen molar-refractivity contribution in [3.05, 3.63) is 77.9 Å². The number of carbonyl (C=O) groups excluding carboxylic acids is 1. The normalized spacial score (nSPS) is 10.7. The molecular weight excluding hydrogens is 442 g/mol. The Morgan fingerprint density at radius 2 is 1.79 bits per heavy atom. The summed E-state index contributed by atoms with van der Waals surface area (Å²) in [7, 11) is -1.35. The van der Waals surface area contributed by atoms with Gasteiger partial charge in [-0.25, -0.2) is 8.42 Å². The van der Waals surface area contributed by atoms with E-state index >= 15 is 0 Å². The van der Waals surface area contributed by atoms with Gasteiger partial charge in [0.15, 0.2) is 0 Å². The van der Waals surface area contributed by atoms with Gasteiger partial charge in [-0.2, -0.15) is 5.26 Å². The molecule has 3 rings (SSSR count). The van der Waals surface area contributed by atoms with Gasteiger partial charge in [-0.3, -0.25) is 9.10 Å². The van der Waals surface area contributed by atoms with Crippen LogP contribution in [0.15, 0.2) is 71.6 Å². The average Bonchev–Trinajstić information content (AvgIpc) is 2.82. The standard InChI is InChI=1S/C24H23N3O5S/c1-17-10-11-22(32-3)23(12-17)33(29,30)27(20-8-5-9-21(14-20)31-2)16-24(28)26-19-7-4-6-18(13-19)15-25/h4-14H,16H2,1-3H3,(H,26,28). The molecule has 0 unspecified atom stereocenters. The van der Waals surface area contributed by atoms with Crippen LogP contribution in [0.25, 0.3) is 0 Å². The van der Waals surface area contributed by atoms with Crippen molar-refractivity contribution in [3.8, 4) is 17.6 Å². The topological polar surface area (TPSA) is 109 Å². The molecule has 0 saturated carbocycles. The summed E-state index contributed by atoms with van der Waals surface area (Å²) < 4.78 is 39.0. The van der Waals surface area contributed by atoms with E-state index in [0.29, 0.717) is 17.0 Å². The first kappa shape index (κ1) is 23.6. The number of carbonyl (C=O) groups is 1. The quantitative estimate of drug-likeness (QED) is 0.543. The smallest absolute Gasteiger partial charge is 0.268 e. The van der Waals surface area contributed by atoms with E-state index in [0.717, 1.165) is 9.87 Å². The highest BCUT2D eigenvalue weighted by atomic mass is 32.2. The minimum absolute atomic E-state index is 0.0629. The number of ether oxygens (including phenoxy) is 2. The van der Waals surface area contributed by atoms with Crippen LogP contribution in [0.1, 0.15) is 11.1 Å². The zero-order chi connectivity index (χ0) is 24.0. The number of hydrogen-bond acceptors (Lipinski definition) is 6. The van der Waals surface area contributed by atoms with Crippen LogP contribution < -0.4 is 19.1 Å². The van der Waals surface area contributed by atoms with Crippen LogP contribution in [-0.4, -0.2) is 35.1 Å². The van der Waals surface area contributed by atoms with Gasteiger partial charge in [-0.15, -0.1) is 0 Å². The average molecular weight is 466 g/mol. The number of nitrogens with zero attached hydrogens (tertiary/aromatic N) is 2. The predicted octanol–water partition coefficient (Wildman–Crippen LogP) is 3.72. The summed E-state index contributed by atoms with van der Waals surface area (Å²) in [6, 6.07) is 19.6. The van der Waals surface area contributed by atoms with E-state index in [-0.39, 0.29) is 16.3 Å². The Balaban J connectivity index is 2.04. The third-order valence-corrected chi connectivity index (χ3v) is 6.59. The van der Waals surface area contributed by atoms with Crippen LogP contribution in [0.5, 0.6) is 11.5 Å². The first-order valence-corrected chi connectivity index (χ1v) is 11.3. The Morgan fingerprint density at radius 3 is 2.48 bits per heavy atom. The van der Waals surface area contributed by atoms with E-state index in [1.54, 1.807) is 55.5 Å². The molecule has 0 radical (unpaired) electrons. The van der Waals surface area contributed by atoms with Crippen molar-refractivity contribution >= 4 is 27.3 Å². The maximum Gasteiger partial charge on any atom is 0.268 e. The zero-order valence-corrected chi connectivity index (χ0v) is 19.2. The molecule has 1 amide bonds. The lowest BCUT2D eigenvalue weighted by molar-refractivity contribution is -0.114. The molecular formula is C24H23N3O5S. The SMILES string of the molecule is COc1cccc(N(CC(=O)Nc2cccc(C#N)c2)S(=O)(=O)c2cc(C)ccc2OC)c1. The minimum atomic E-state index is -4.20. The Morgan fingerprint density at radius 1 is 1.03 bits per heavy atom. The number of aryl methyl sites for hydroxylation is 1. The molecule has 0 bridgehead atoms. The van der Waals surface area contributed by atoms with Gasteiger partial charge in [0.05, 0.1) is 31.5 Å². The molecule has 0 atom stereocenters. The molecule has 0 saturated heterocycles. The molecule has 9 heteroatoms. The fourth-order valence-electron chi connectivity index (χ4n) is 3.18. The van der Waals surface area contributed by atoms with Crippen molar-refractivity contribution in [2.45, 2.75) is 11.8 Å². The molecule has 0 aliphatic rings. The van der Waals surface area contributed by atoms with E-state index in [2.05, 4.69) is 5.32 Å².